The van der Waals surface area contributed by atoms with E-state index in [0.717, 1.165) is 29.2 Å². The van der Waals surface area contributed by atoms with E-state index in [2.05, 4.69) is 15.3 Å². The van der Waals surface area contributed by atoms with Gasteiger partial charge in [0.2, 0.25) is 11.8 Å². The maximum absolute atomic E-state index is 17.0. The van der Waals surface area contributed by atoms with Crippen LogP contribution in [-0.2, 0) is 30.0 Å². The van der Waals surface area contributed by atoms with Crippen LogP contribution < -0.4 is 20.0 Å². The number of alkyl halides is 3. The quantitative estimate of drug-likeness (QED) is 0.0708. The van der Waals surface area contributed by atoms with Crippen molar-refractivity contribution < 1.29 is 69.2 Å². The molecule has 4 amide bonds. The Morgan fingerprint density at radius 3 is 1.61 bits per heavy atom. The lowest BCUT2D eigenvalue weighted by molar-refractivity contribution is -0.141. The fraction of sp³-hybridized carbons (Fsp3) is 0.474. The molecule has 6 heterocycles. The van der Waals surface area contributed by atoms with Gasteiger partial charge in [-0.05, 0) is 113 Å². The SMILES string of the molecule is COC(=O)N[C@H](C(=O)N1CCC[C@H]1c1nc2cc([C@H]3CC[C@H](c4cc5nc([C@@H]6CCCN6C(=O)[C@H]([C@@H](C)OC)N(C)C(=O)O)[nH]c5cc4F)N3c3cc(F)c(N4CCN(c5ccc(C(F)(F)F)cc5)CC4)c(F)c3)c(F)cc2[nH]1)[C@@H](C)OC. The van der Waals surface area contributed by atoms with Crippen LogP contribution in [0.3, 0.4) is 0 Å². The summed E-state index contributed by atoms with van der Waals surface area (Å²) < 4.78 is 123. The van der Waals surface area contributed by atoms with Crippen molar-refractivity contribution in [2.75, 3.05) is 82.3 Å². The molecule has 2 aromatic heterocycles. The monoisotopic (exact) mass is 1160 g/mol. The van der Waals surface area contributed by atoms with Crippen molar-refractivity contribution in [3.63, 3.8) is 0 Å². The Hall–Kier alpha value is -7.87. The molecule has 83 heavy (non-hydrogen) atoms. The number of hydrogen-bond donors (Lipinski definition) is 4. The average molecular weight is 1160 g/mol. The molecule has 444 valence electrons. The number of anilines is 3. The number of likely N-dealkylation sites (N-methyl/N-ethyl adjacent to an activating group) is 1. The molecule has 0 bridgehead atoms. The van der Waals surface area contributed by atoms with Gasteiger partial charge in [0, 0.05) is 83.0 Å². The molecule has 6 aromatic rings. The number of halogens is 7. The number of nitrogens with zero attached hydrogens (tertiary/aromatic N) is 8. The second kappa shape index (κ2) is 23.4. The number of alkyl carbamates (subject to hydrolysis) is 1. The summed E-state index contributed by atoms with van der Waals surface area (Å²) in [6.45, 7) is 4.52. The zero-order valence-electron chi connectivity index (χ0n) is 46.4. The molecule has 10 rings (SSSR count). The first-order valence-corrected chi connectivity index (χ1v) is 27.4. The highest BCUT2D eigenvalue weighted by Gasteiger charge is 2.44. The van der Waals surface area contributed by atoms with Gasteiger partial charge in [0.25, 0.3) is 0 Å². The Bertz CT molecular complexity index is 3390. The summed E-state index contributed by atoms with van der Waals surface area (Å²) in [4.78, 5) is 77.5. The van der Waals surface area contributed by atoms with Crippen molar-refractivity contribution in [1.82, 2.24) is 40.0 Å². The first kappa shape index (κ1) is 58.3. The number of nitrogens with one attached hydrogen (secondary N) is 3. The fourth-order valence-corrected chi connectivity index (χ4v) is 12.4. The highest BCUT2D eigenvalue weighted by molar-refractivity contribution is 5.88. The first-order valence-electron chi connectivity index (χ1n) is 27.4. The Morgan fingerprint density at radius 1 is 0.651 bits per heavy atom. The number of likely N-dealkylation sites (tertiary alicyclic amines) is 2. The molecule has 19 nitrogen and oxygen atoms in total. The number of aromatic amines is 2. The maximum atomic E-state index is 17.0. The number of methoxy groups -OCH3 is 3. The van der Waals surface area contributed by atoms with Crippen LogP contribution in [0.1, 0.15) is 105 Å². The molecule has 0 aliphatic carbocycles. The maximum Gasteiger partial charge on any atom is 0.416 e. The number of hydrogen-bond acceptors (Lipinski definition) is 12. The zero-order valence-corrected chi connectivity index (χ0v) is 46.4. The number of fused-ring (bicyclic) bond motifs is 2. The Balaban J connectivity index is 0.990. The topological polar surface area (TPSA) is 205 Å². The summed E-state index contributed by atoms with van der Waals surface area (Å²) in [6, 6.07) is 6.98. The molecule has 0 radical (unpaired) electrons. The standard InChI is InChI=1S/C57H64F7N11O8/c1-29(81-4)48(69-55(78)83-6)53(76)73-17-7-9-46(73)51-65-40-25-34(36(58)27-42(40)67-51)44-15-16-45(75(44)33-23-38(60)50(39(61)24-33)72-21-19-71(20-22-72)32-13-11-31(12-14-32)57(62,63)64)35-26-41-43(28-37(35)59)68-52(66-41)47-10-8-18-74(47)54(77)49(30(2)82-5)70(3)56(79)80/h11-14,23-30,44-49H,7-10,15-22H2,1-6H3,(H,65,67)(H,66,68)(H,69,78)(H,79,80)/t29-,30-,44-,45-,46+,47+,48+,49+/m1/s1. The third kappa shape index (κ3) is 11.3. The lowest BCUT2D eigenvalue weighted by atomic mass is 10.0. The molecule has 0 unspecified atom stereocenters. The summed E-state index contributed by atoms with van der Waals surface area (Å²) in [5.41, 5.74) is 0.682. The van der Waals surface area contributed by atoms with Gasteiger partial charge in [-0.1, -0.05) is 0 Å². The average Bonchev–Trinajstić information content (AvgIpc) is 3.03. The summed E-state index contributed by atoms with van der Waals surface area (Å²) in [7, 11) is 5.24. The molecule has 0 saturated carbocycles. The number of H-pyrrole nitrogens is 2. The molecule has 4 aliphatic heterocycles. The zero-order chi connectivity index (χ0) is 59.3. The van der Waals surface area contributed by atoms with Gasteiger partial charge in [0.05, 0.1) is 71.1 Å². The molecule has 0 spiro atoms. The molecular formula is C57H64F7N11O8. The summed E-state index contributed by atoms with van der Waals surface area (Å²) in [6.07, 6.45) is -5.80. The summed E-state index contributed by atoms with van der Waals surface area (Å²) in [5.74, 6) is -3.61. The molecule has 4 aromatic carbocycles. The molecule has 8 atom stereocenters. The van der Waals surface area contributed by atoms with Gasteiger partial charge in [-0.15, -0.1) is 0 Å². The van der Waals surface area contributed by atoms with Crippen LogP contribution in [0, 0.1) is 23.3 Å². The number of benzene rings is 4. The first-order chi connectivity index (χ1) is 39.6. The lowest BCUT2D eigenvalue weighted by Crippen LogP contribution is -2.54. The molecule has 4 N–H and O–H groups in total. The van der Waals surface area contributed by atoms with Crippen molar-refractivity contribution in [2.45, 2.75) is 107 Å². The Kier molecular flexibility index (Phi) is 16.5. The van der Waals surface area contributed by atoms with Gasteiger partial charge < -0.3 is 59.1 Å². The highest BCUT2D eigenvalue weighted by atomic mass is 19.4. The minimum atomic E-state index is -4.52. The molecular weight excluding hydrogens is 1100 g/mol. The van der Waals surface area contributed by atoms with Gasteiger partial charge in [-0.3, -0.25) is 14.5 Å². The van der Waals surface area contributed by atoms with E-state index in [1.54, 1.807) is 23.6 Å². The predicted molar refractivity (Wildman–Crippen MR) is 291 cm³/mol. The van der Waals surface area contributed by atoms with Crippen molar-refractivity contribution in [1.29, 1.82) is 0 Å². The van der Waals surface area contributed by atoms with Gasteiger partial charge in [-0.2, -0.15) is 13.2 Å². The van der Waals surface area contributed by atoms with Crippen molar-refractivity contribution >= 4 is 63.1 Å². The van der Waals surface area contributed by atoms with Gasteiger partial charge in [-0.25, -0.2) is 37.1 Å². The summed E-state index contributed by atoms with van der Waals surface area (Å²) in [5, 5.41) is 12.4. The fourth-order valence-electron chi connectivity index (χ4n) is 12.4. The number of amides is 4. The van der Waals surface area contributed by atoms with Crippen LogP contribution in [0.15, 0.2) is 60.7 Å². The van der Waals surface area contributed by atoms with Gasteiger partial charge in [0.15, 0.2) is 11.6 Å². The molecule has 4 saturated heterocycles. The van der Waals surface area contributed by atoms with E-state index in [9.17, 15) is 37.5 Å². The molecule has 26 heteroatoms. The Labute approximate surface area is 472 Å². The van der Waals surface area contributed by atoms with E-state index >= 15 is 17.6 Å². The number of ether oxygens (including phenoxy) is 3. The molecule has 4 fully saturated rings. The van der Waals surface area contributed by atoms with Crippen LogP contribution in [-0.4, -0.2) is 156 Å². The highest BCUT2D eigenvalue weighted by Crippen LogP contribution is 2.50. The third-order valence-electron chi connectivity index (χ3n) is 16.9. The number of carboxylic acid groups (broad SMARTS) is 1. The van der Waals surface area contributed by atoms with E-state index in [1.807, 2.05) is 4.90 Å². The van der Waals surface area contributed by atoms with Crippen LogP contribution in [0.25, 0.3) is 22.1 Å². The smallest absolute Gasteiger partial charge is 0.416 e. The second-order valence-corrected chi connectivity index (χ2v) is 21.5. The van der Waals surface area contributed by atoms with Crippen LogP contribution >= 0.6 is 0 Å². The minimum Gasteiger partial charge on any atom is -0.465 e. The van der Waals surface area contributed by atoms with E-state index in [4.69, 9.17) is 24.2 Å². The lowest BCUT2D eigenvalue weighted by Gasteiger charge is -2.38. The number of carbonyl (C=O) groups is 4. The van der Waals surface area contributed by atoms with E-state index in [1.165, 1.54) is 74.6 Å². The van der Waals surface area contributed by atoms with E-state index in [-0.39, 0.29) is 73.6 Å². The number of aromatic nitrogens is 4. The van der Waals surface area contributed by atoms with Crippen LogP contribution in [0.4, 0.5) is 57.4 Å². The predicted octanol–water partition coefficient (Wildman–Crippen LogP) is 9.52. The minimum absolute atomic E-state index is 0.0316. The number of carbonyl (C=O) groups excluding carboxylic acids is 3. The number of piperazine rings is 1. The largest absolute Gasteiger partial charge is 0.465 e. The van der Waals surface area contributed by atoms with E-state index < -0.39 is 107 Å². The van der Waals surface area contributed by atoms with Crippen molar-refractivity contribution in [3.8, 4) is 0 Å². The third-order valence-corrected chi connectivity index (χ3v) is 16.9. The van der Waals surface area contributed by atoms with Crippen molar-refractivity contribution in [3.05, 3.63) is 112 Å². The van der Waals surface area contributed by atoms with Crippen molar-refractivity contribution in [2.24, 2.45) is 0 Å². The Morgan fingerprint density at radius 2 is 1.14 bits per heavy atom. The second-order valence-electron chi connectivity index (χ2n) is 21.5. The van der Waals surface area contributed by atoms with Gasteiger partial charge in [0.1, 0.15) is 41.1 Å². The summed E-state index contributed by atoms with van der Waals surface area (Å²) >= 11 is 0. The number of rotatable bonds is 15. The number of imidazole rings is 2. The molecule has 4 aliphatic rings. The van der Waals surface area contributed by atoms with E-state index in [0.29, 0.717) is 66.1 Å². The van der Waals surface area contributed by atoms with Crippen LogP contribution in [0.5, 0.6) is 0 Å². The normalized spacial score (nSPS) is 21.0. The van der Waals surface area contributed by atoms with Gasteiger partial charge >= 0.3 is 18.4 Å². The van der Waals surface area contributed by atoms with Crippen LogP contribution in [0.2, 0.25) is 0 Å².